The number of nitrogens with one attached hydrogen (secondary N) is 1. The first kappa shape index (κ1) is 24.3. The second-order valence-corrected chi connectivity index (χ2v) is 8.71. The Balaban J connectivity index is 1.24. The molecule has 0 aliphatic carbocycles. The highest BCUT2D eigenvalue weighted by Gasteiger charge is 2.22. The summed E-state index contributed by atoms with van der Waals surface area (Å²) in [7, 11) is 0. The van der Waals surface area contributed by atoms with Crippen LogP contribution < -0.4 is 15.0 Å². The highest BCUT2D eigenvalue weighted by atomic mass is 16.5. The molecular formula is C29H33N3O3. The van der Waals surface area contributed by atoms with Gasteiger partial charge in [-0.2, -0.15) is 0 Å². The zero-order valence-corrected chi connectivity index (χ0v) is 20.5. The number of ether oxygens (including phenoxy) is 1. The minimum atomic E-state index is -0.198. The molecule has 0 bridgehead atoms. The first-order chi connectivity index (χ1) is 17.1. The maximum Gasteiger partial charge on any atom is 0.262 e. The molecule has 0 spiro atoms. The molecule has 3 aromatic rings. The second-order valence-electron chi connectivity index (χ2n) is 8.71. The van der Waals surface area contributed by atoms with Crippen molar-refractivity contribution < 1.29 is 14.3 Å². The molecule has 0 atom stereocenters. The van der Waals surface area contributed by atoms with Gasteiger partial charge in [-0.05, 0) is 72.5 Å². The minimum Gasteiger partial charge on any atom is -0.484 e. The van der Waals surface area contributed by atoms with Crippen LogP contribution in [-0.4, -0.2) is 49.5 Å². The molecule has 0 unspecified atom stereocenters. The molecule has 3 aromatic carbocycles. The Bertz CT molecular complexity index is 1120. The van der Waals surface area contributed by atoms with E-state index in [0.29, 0.717) is 18.8 Å². The van der Waals surface area contributed by atoms with E-state index in [4.69, 9.17) is 4.74 Å². The molecule has 1 fully saturated rings. The van der Waals surface area contributed by atoms with Crippen molar-refractivity contribution in [2.24, 2.45) is 0 Å². The molecule has 35 heavy (non-hydrogen) atoms. The molecule has 0 radical (unpaired) electrons. The third kappa shape index (κ3) is 6.41. The molecule has 4 rings (SSSR count). The van der Waals surface area contributed by atoms with Gasteiger partial charge in [-0.1, -0.05) is 38.1 Å². The number of carbonyl (C=O) groups excluding carboxylic acids is 2. The molecule has 1 aliphatic heterocycles. The van der Waals surface area contributed by atoms with Crippen LogP contribution in [-0.2, 0) is 17.6 Å². The largest absolute Gasteiger partial charge is 0.484 e. The van der Waals surface area contributed by atoms with Crippen LogP contribution in [0.3, 0.4) is 0 Å². The smallest absolute Gasteiger partial charge is 0.262 e. The average Bonchev–Trinajstić information content (AvgIpc) is 2.92. The van der Waals surface area contributed by atoms with E-state index < -0.39 is 0 Å². The molecule has 1 saturated heterocycles. The summed E-state index contributed by atoms with van der Waals surface area (Å²) in [6.07, 6.45) is 1.94. The van der Waals surface area contributed by atoms with Crippen LogP contribution in [0.5, 0.6) is 5.75 Å². The number of hydrogen-bond donors (Lipinski definition) is 1. The third-order valence-corrected chi connectivity index (χ3v) is 6.39. The van der Waals surface area contributed by atoms with E-state index in [1.165, 1.54) is 11.1 Å². The van der Waals surface area contributed by atoms with E-state index in [-0.39, 0.29) is 18.4 Å². The van der Waals surface area contributed by atoms with Crippen molar-refractivity contribution in [3.05, 3.63) is 89.5 Å². The lowest BCUT2D eigenvalue weighted by Gasteiger charge is -2.36. The van der Waals surface area contributed by atoms with E-state index in [9.17, 15) is 9.59 Å². The maximum atomic E-state index is 12.8. The van der Waals surface area contributed by atoms with Crippen molar-refractivity contribution in [2.45, 2.75) is 26.7 Å². The van der Waals surface area contributed by atoms with Crippen molar-refractivity contribution in [3.8, 4) is 5.75 Å². The van der Waals surface area contributed by atoms with Crippen molar-refractivity contribution in [1.82, 2.24) is 4.90 Å². The normalized spacial score (nSPS) is 13.4. The van der Waals surface area contributed by atoms with Crippen LogP contribution in [0.25, 0.3) is 0 Å². The number of hydrogen-bond acceptors (Lipinski definition) is 4. The van der Waals surface area contributed by atoms with E-state index in [1.807, 2.05) is 77.7 Å². The van der Waals surface area contributed by atoms with Gasteiger partial charge in [0.05, 0.1) is 0 Å². The predicted octanol–water partition coefficient (Wildman–Crippen LogP) is 4.79. The second kappa shape index (κ2) is 11.6. The summed E-state index contributed by atoms with van der Waals surface area (Å²) in [4.78, 5) is 29.3. The summed E-state index contributed by atoms with van der Waals surface area (Å²) in [6.45, 7) is 7.09. The summed E-state index contributed by atoms with van der Waals surface area (Å²) in [5.74, 6) is 0.577. The molecule has 1 aliphatic rings. The predicted molar refractivity (Wildman–Crippen MR) is 140 cm³/mol. The monoisotopic (exact) mass is 471 g/mol. The van der Waals surface area contributed by atoms with Crippen LogP contribution >= 0.6 is 0 Å². The topological polar surface area (TPSA) is 61.9 Å². The van der Waals surface area contributed by atoms with Gasteiger partial charge in [0.15, 0.2) is 6.61 Å². The lowest BCUT2D eigenvalue weighted by Crippen LogP contribution is -2.48. The highest BCUT2D eigenvalue weighted by molar-refractivity contribution is 5.94. The Kier molecular flexibility index (Phi) is 8.03. The fraction of sp³-hybridized carbons (Fsp3) is 0.310. The molecule has 6 nitrogen and oxygen atoms in total. The van der Waals surface area contributed by atoms with Gasteiger partial charge < -0.3 is 19.9 Å². The van der Waals surface area contributed by atoms with Gasteiger partial charge in [-0.3, -0.25) is 9.59 Å². The number of anilines is 2. The van der Waals surface area contributed by atoms with Crippen molar-refractivity contribution >= 4 is 23.2 Å². The van der Waals surface area contributed by atoms with E-state index in [1.54, 1.807) is 0 Å². The molecule has 0 aromatic heterocycles. The van der Waals surface area contributed by atoms with E-state index in [2.05, 4.69) is 24.1 Å². The molecule has 182 valence electrons. The summed E-state index contributed by atoms with van der Waals surface area (Å²) >= 11 is 0. The zero-order chi connectivity index (χ0) is 24.6. The van der Waals surface area contributed by atoms with Crippen molar-refractivity contribution in [2.75, 3.05) is 43.0 Å². The molecule has 1 heterocycles. The van der Waals surface area contributed by atoms with Gasteiger partial charge in [-0.25, -0.2) is 0 Å². The van der Waals surface area contributed by atoms with Crippen LogP contribution in [0, 0.1) is 0 Å². The van der Waals surface area contributed by atoms with Crippen LogP contribution in [0.1, 0.15) is 35.3 Å². The fourth-order valence-electron chi connectivity index (χ4n) is 4.16. The Morgan fingerprint density at radius 3 is 1.91 bits per heavy atom. The first-order valence-electron chi connectivity index (χ1n) is 12.3. The van der Waals surface area contributed by atoms with Gasteiger partial charge in [0, 0.05) is 43.1 Å². The van der Waals surface area contributed by atoms with Gasteiger partial charge in [0.25, 0.3) is 11.8 Å². The number of carbonyl (C=O) groups is 2. The van der Waals surface area contributed by atoms with Gasteiger partial charge in [-0.15, -0.1) is 0 Å². The van der Waals surface area contributed by atoms with Crippen molar-refractivity contribution in [3.63, 3.8) is 0 Å². The Labute approximate surface area is 207 Å². The standard InChI is InChI=1S/C29H33N3O3/c1-3-22-5-9-24(10-6-22)29(34)32-19-17-31(18-20-32)26-13-11-25(12-14-26)30-28(33)21-35-27-15-7-23(4-2)8-16-27/h5-16H,3-4,17-21H2,1-2H3,(H,30,33). The van der Waals surface area contributed by atoms with Gasteiger partial charge in [0.2, 0.25) is 0 Å². The Morgan fingerprint density at radius 2 is 1.34 bits per heavy atom. The Hall–Kier alpha value is -3.80. The number of benzene rings is 3. The molecular weight excluding hydrogens is 438 g/mol. The van der Waals surface area contributed by atoms with Crippen LogP contribution in [0.15, 0.2) is 72.8 Å². The number of nitrogens with zero attached hydrogens (tertiary/aromatic N) is 2. The summed E-state index contributed by atoms with van der Waals surface area (Å²) in [5.41, 5.74) is 5.03. The summed E-state index contributed by atoms with van der Waals surface area (Å²) in [5, 5.41) is 2.88. The third-order valence-electron chi connectivity index (χ3n) is 6.39. The number of rotatable bonds is 8. The minimum absolute atomic E-state index is 0.0373. The molecule has 0 saturated carbocycles. The maximum absolute atomic E-state index is 12.8. The van der Waals surface area contributed by atoms with Crippen LogP contribution in [0.4, 0.5) is 11.4 Å². The fourth-order valence-corrected chi connectivity index (χ4v) is 4.16. The summed E-state index contributed by atoms with van der Waals surface area (Å²) < 4.78 is 5.58. The lowest BCUT2D eigenvalue weighted by molar-refractivity contribution is -0.118. The van der Waals surface area contributed by atoms with Gasteiger partial charge in [0.1, 0.15) is 5.75 Å². The van der Waals surface area contributed by atoms with Crippen molar-refractivity contribution in [1.29, 1.82) is 0 Å². The zero-order valence-electron chi connectivity index (χ0n) is 20.5. The SMILES string of the molecule is CCc1ccc(OCC(=O)Nc2ccc(N3CCN(C(=O)c4ccc(CC)cc4)CC3)cc2)cc1. The molecule has 6 heteroatoms. The first-order valence-corrected chi connectivity index (χ1v) is 12.3. The van der Waals surface area contributed by atoms with E-state index >= 15 is 0 Å². The summed E-state index contributed by atoms with van der Waals surface area (Å²) in [6, 6.07) is 23.5. The average molecular weight is 472 g/mol. The quantitative estimate of drug-likeness (QED) is 0.513. The number of amides is 2. The van der Waals surface area contributed by atoms with E-state index in [0.717, 1.165) is 42.9 Å². The number of piperazine rings is 1. The molecule has 2 amide bonds. The van der Waals surface area contributed by atoms with Gasteiger partial charge >= 0.3 is 0 Å². The van der Waals surface area contributed by atoms with Crippen LogP contribution in [0.2, 0.25) is 0 Å². The Morgan fingerprint density at radius 1 is 0.771 bits per heavy atom. The molecule has 1 N–H and O–H groups in total. The number of aryl methyl sites for hydroxylation is 2. The highest BCUT2D eigenvalue weighted by Crippen LogP contribution is 2.21. The lowest BCUT2D eigenvalue weighted by atomic mass is 10.1.